The van der Waals surface area contributed by atoms with Crippen molar-refractivity contribution >= 4 is 17.5 Å². The predicted molar refractivity (Wildman–Crippen MR) is 66.4 cm³/mol. The van der Waals surface area contributed by atoms with E-state index in [-0.39, 0.29) is 22.8 Å². The van der Waals surface area contributed by atoms with E-state index in [0.717, 1.165) is 6.42 Å². The lowest BCUT2D eigenvalue weighted by atomic mass is 9.99. The van der Waals surface area contributed by atoms with Crippen LogP contribution in [0.25, 0.3) is 0 Å². The first-order valence-electron chi connectivity index (χ1n) is 5.70. The van der Waals surface area contributed by atoms with Crippen molar-refractivity contribution in [2.24, 2.45) is 5.92 Å². The van der Waals surface area contributed by atoms with Crippen LogP contribution in [0.3, 0.4) is 0 Å². The lowest BCUT2D eigenvalue weighted by Gasteiger charge is -2.34. The third kappa shape index (κ3) is 2.69. The fourth-order valence-electron chi connectivity index (χ4n) is 2.06. The number of alkyl halides is 1. The molecule has 1 amide bonds. The molecular formula is C12H15ClN2O2. The average molecular weight is 255 g/mol. The first kappa shape index (κ1) is 12.2. The van der Waals surface area contributed by atoms with E-state index in [4.69, 9.17) is 11.6 Å². The van der Waals surface area contributed by atoms with Gasteiger partial charge in [0.15, 0.2) is 0 Å². The minimum atomic E-state index is -0.254. The standard InChI is InChI=1S/C12H15ClN2O2/c1-8-7-15(5-3-10(8)13)12(17)9-2-4-14-11(16)6-9/h2,4,6,8,10H,3,5,7H2,1H3,(H,14,16). The van der Waals surface area contributed by atoms with Crippen molar-refractivity contribution in [3.05, 3.63) is 34.2 Å². The van der Waals surface area contributed by atoms with Gasteiger partial charge in [0, 0.05) is 36.3 Å². The van der Waals surface area contributed by atoms with E-state index in [0.29, 0.717) is 18.7 Å². The largest absolute Gasteiger partial charge is 0.338 e. The number of nitrogens with one attached hydrogen (secondary N) is 1. The lowest BCUT2D eigenvalue weighted by Crippen LogP contribution is -2.43. The van der Waals surface area contributed by atoms with Gasteiger partial charge < -0.3 is 9.88 Å². The highest BCUT2D eigenvalue weighted by atomic mass is 35.5. The maximum atomic E-state index is 12.1. The van der Waals surface area contributed by atoms with Crippen LogP contribution in [-0.2, 0) is 0 Å². The molecule has 1 fully saturated rings. The number of hydrogen-bond acceptors (Lipinski definition) is 2. The Balaban J connectivity index is 2.13. The second-order valence-corrected chi connectivity index (χ2v) is 5.04. The summed E-state index contributed by atoms with van der Waals surface area (Å²) >= 11 is 6.12. The van der Waals surface area contributed by atoms with E-state index >= 15 is 0 Å². The molecule has 0 spiro atoms. The Labute approximate surface area is 105 Å². The number of aromatic amines is 1. The fraction of sp³-hybridized carbons (Fsp3) is 0.500. The number of H-pyrrole nitrogens is 1. The molecule has 2 rings (SSSR count). The van der Waals surface area contributed by atoms with Crippen LogP contribution in [0, 0.1) is 5.92 Å². The number of aromatic nitrogens is 1. The fourth-order valence-corrected chi connectivity index (χ4v) is 2.24. The normalized spacial score (nSPS) is 24.7. The second-order valence-electron chi connectivity index (χ2n) is 4.47. The Hall–Kier alpha value is -1.29. The number of hydrogen-bond donors (Lipinski definition) is 1. The highest BCUT2D eigenvalue weighted by molar-refractivity contribution is 6.20. The number of rotatable bonds is 1. The smallest absolute Gasteiger partial charge is 0.254 e. The summed E-state index contributed by atoms with van der Waals surface area (Å²) in [4.78, 5) is 27.5. The molecule has 1 aromatic rings. The number of likely N-dealkylation sites (tertiary alicyclic amines) is 1. The zero-order chi connectivity index (χ0) is 12.4. The summed E-state index contributed by atoms with van der Waals surface area (Å²) < 4.78 is 0. The minimum absolute atomic E-state index is 0.0912. The molecule has 1 aliphatic heterocycles. The van der Waals surface area contributed by atoms with Crippen molar-refractivity contribution in [1.29, 1.82) is 0 Å². The van der Waals surface area contributed by atoms with Crippen LogP contribution >= 0.6 is 11.6 Å². The third-order valence-corrected chi connectivity index (χ3v) is 3.76. The van der Waals surface area contributed by atoms with Gasteiger partial charge in [0.25, 0.3) is 5.91 Å². The van der Waals surface area contributed by atoms with Gasteiger partial charge in [-0.05, 0) is 18.4 Å². The molecule has 0 saturated carbocycles. The van der Waals surface area contributed by atoms with Gasteiger partial charge in [-0.25, -0.2) is 0 Å². The van der Waals surface area contributed by atoms with E-state index in [1.165, 1.54) is 12.3 Å². The van der Waals surface area contributed by atoms with Crippen LogP contribution in [0.15, 0.2) is 23.1 Å². The van der Waals surface area contributed by atoms with E-state index in [2.05, 4.69) is 4.98 Å². The molecule has 1 saturated heterocycles. The third-order valence-electron chi connectivity index (χ3n) is 3.11. The van der Waals surface area contributed by atoms with Crippen LogP contribution in [-0.4, -0.2) is 34.3 Å². The Morgan fingerprint density at radius 3 is 3.00 bits per heavy atom. The van der Waals surface area contributed by atoms with Gasteiger partial charge in [-0.2, -0.15) is 0 Å². The minimum Gasteiger partial charge on any atom is -0.338 e. The van der Waals surface area contributed by atoms with Gasteiger partial charge in [0.1, 0.15) is 0 Å². The van der Waals surface area contributed by atoms with Gasteiger partial charge in [-0.15, -0.1) is 11.6 Å². The Kier molecular flexibility index (Phi) is 3.52. The Morgan fingerprint density at radius 1 is 1.59 bits per heavy atom. The quantitative estimate of drug-likeness (QED) is 0.772. The zero-order valence-corrected chi connectivity index (χ0v) is 10.4. The van der Waals surface area contributed by atoms with Crippen molar-refractivity contribution < 1.29 is 4.79 Å². The summed E-state index contributed by atoms with van der Waals surface area (Å²) in [7, 11) is 0. The van der Waals surface area contributed by atoms with Gasteiger partial charge >= 0.3 is 0 Å². The molecule has 0 aromatic carbocycles. The van der Waals surface area contributed by atoms with Crippen LogP contribution in [0.2, 0.25) is 0 Å². The Morgan fingerprint density at radius 2 is 2.35 bits per heavy atom. The topological polar surface area (TPSA) is 53.2 Å². The van der Waals surface area contributed by atoms with E-state index in [1.807, 2.05) is 6.92 Å². The SMILES string of the molecule is CC1CN(C(=O)c2cc[nH]c(=O)c2)CCC1Cl. The first-order chi connectivity index (χ1) is 8.08. The maximum absolute atomic E-state index is 12.1. The summed E-state index contributed by atoms with van der Waals surface area (Å²) in [5.74, 6) is 0.197. The highest BCUT2D eigenvalue weighted by Crippen LogP contribution is 2.22. The van der Waals surface area contributed by atoms with Crippen LogP contribution in [0.4, 0.5) is 0 Å². The number of carbonyl (C=O) groups excluding carboxylic acids is 1. The molecule has 2 unspecified atom stereocenters. The molecule has 1 aliphatic rings. The van der Waals surface area contributed by atoms with Crippen LogP contribution in [0.5, 0.6) is 0 Å². The summed E-state index contributed by atoms with van der Waals surface area (Å²) in [6.45, 7) is 3.35. The first-order valence-corrected chi connectivity index (χ1v) is 6.13. The number of nitrogens with zero attached hydrogens (tertiary/aromatic N) is 1. The van der Waals surface area contributed by atoms with Crippen molar-refractivity contribution in [2.75, 3.05) is 13.1 Å². The molecule has 0 aliphatic carbocycles. The molecule has 4 nitrogen and oxygen atoms in total. The van der Waals surface area contributed by atoms with Gasteiger partial charge in [0.05, 0.1) is 0 Å². The summed E-state index contributed by atoms with van der Waals surface area (Å²) in [5.41, 5.74) is 0.185. The molecule has 0 bridgehead atoms. The van der Waals surface area contributed by atoms with Crippen LogP contribution in [0.1, 0.15) is 23.7 Å². The molecule has 2 atom stereocenters. The van der Waals surface area contributed by atoms with E-state index < -0.39 is 0 Å². The zero-order valence-electron chi connectivity index (χ0n) is 9.65. The number of amides is 1. The maximum Gasteiger partial charge on any atom is 0.254 e. The van der Waals surface area contributed by atoms with Gasteiger partial charge in [0.2, 0.25) is 5.56 Å². The number of piperidine rings is 1. The lowest BCUT2D eigenvalue weighted by molar-refractivity contribution is 0.0686. The van der Waals surface area contributed by atoms with Gasteiger partial charge in [-0.1, -0.05) is 6.92 Å². The summed E-state index contributed by atoms with van der Waals surface area (Å²) in [6.07, 6.45) is 2.30. The number of pyridine rings is 1. The monoisotopic (exact) mass is 254 g/mol. The average Bonchev–Trinajstić information content (AvgIpc) is 2.32. The summed E-state index contributed by atoms with van der Waals surface area (Å²) in [5, 5.41) is 0.137. The van der Waals surface area contributed by atoms with Crippen molar-refractivity contribution in [1.82, 2.24) is 9.88 Å². The number of halogens is 1. The van der Waals surface area contributed by atoms with Crippen molar-refractivity contribution in [2.45, 2.75) is 18.7 Å². The van der Waals surface area contributed by atoms with E-state index in [1.54, 1.807) is 11.0 Å². The van der Waals surface area contributed by atoms with Crippen molar-refractivity contribution in [3.8, 4) is 0 Å². The molecule has 1 N–H and O–H groups in total. The molecule has 0 radical (unpaired) electrons. The predicted octanol–water partition coefficient (Wildman–Crippen LogP) is 1.46. The highest BCUT2D eigenvalue weighted by Gasteiger charge is 2.27. The molecule has 5 heteroatoms. The second kappa shape index (κ2) is 4.92. The molecular weight excluding hydrogens is 240 g/mol. The number of carbonyl (C=O) groups is 1. The van der Waals surface area contributed by atoms with Crippen LogP contribution < -0.4 is 5.56 Å². The molecule has 2 heterocycles. The molecule has 17 heavy (non-hydrogen) atoms. The van der Waals surface area contributed by atoms with E-state index in [9.17, 15) is 9.59 Å². The Bertz CT molecular complexity index is 472. The van der Waals surface area contributed by atoms with Crippen molar-refractivity contribution in [3.63, 3.8) is 0 Å². The molecule has 1 aromatic heterocycles. The van der Waals surface area contributed by atoms with Gasteiger partial charge in [-0.3, -0.25) is 9.59 Å². The molecule has 92 valence electrons. The summed E-state index contributed by atoms with van der Waals surface area (Å²) in [6, 6.07) is 2.96.